The number of aliphatic hydroxyl groups is 1. The first-order valence-corrected chi connectivity index (χ1v) is 4.32. The van der Waals surface area contributed by atoms with Crippen LogP contribution in [0.2, 0.25) is 0 Å². The number of hydrogen-bond donors (Lipinski definition) is 1. The Morgan fingerprint density at radius 2 is 1.88 bits per heavy atom. The molecule has 0 aromatic heterocycles. The molecule has 0 saturated carbocycles. The van der Waals surface area contributed by atoms with E-state index < -0.39 is 19.8 Å². The monoisotopic (exact) mass is 229 g/mol. The number of hydrogen-bond acceptors (Lipinski definition) is 4. The van der Waals surface area contributed by atoms with Crippen molar-refractivity contribution in [3.8, 4) is 17.6 Å². The summed E-state index contributed by atoms with van der Waals surface area (Å²) in [4.78, 5) is 0. The summed E-state index contributed by atoms with van der Waals surface area (Å²) < 4.78 is 33.0. The number of aliphatic hydroxyl groups excluding tert-OH is 1. The molecule has 1 rings (SSSR count). The van der Waals surface area contributed by atoms with Crippen molar-refractivity contribution in [2.75, 3.05) is 13.7 Å². The van der Waals surface area contributed by atoms with Crippen LogP contribution in [0, 0.1) is 11.3 Å². The highest BCUT2D eigenvalue weighted by atomic mass is 19.1. The Morgan fingerprint density at radius 1 is 1.25 bits per heavy atom. The van der Waals surface area contributed by atoms with E-state index in [1.165, 1.54) is 18.2 Å². The number of benzene rings is 1. The van der Waals surface area contributed by atoms with Gasteiger partial charge in [0.1, 0.15) is 0 Å². The minimum absolute atomic E-state index is 0.00837. The van der Waals surface area contributed by atoms with Gasteiger partial charge in [-0.2, -0.15) is 5.26 Å². The molecule has 0 heterocycles. The Bertz CT molecular complexity index is 392. The van der Waals surface area contributed by atoms with Crippen molar-refractivity contribution in [3.05, 3.63) is 23.8 Å². The lowest BCUT2D eigenvalue weighted by Crippen LogP contribution is -2.00. The van der Waals surface area contributed by atoms with Crippen LogP contribution in [0.25, 0.3) is 0 Å². The Kier molecular flexibility index (Phi) is 4.48. The highest BCUT2D eigenvalue weighted by Gasteiger charge is 2.11. The van der Waals surface area contributed by atoms with E-state index >= 15 is 0 Å². The van der Waals surface area contributed by atoms with Gasteiger partial charge in [0.15, 0.2) is 17.6 Å². The summed E-state index contributed by atoms with van der Waals surface area (Å²) in [5.41, 5.74) is 0.220. The normalized spacial score (nSPS) is 11.6. The van der Waals surface area contributed by atoms with Crippen molar-refractivity contribution in [1.29, 1.82) is 5.26 Å². The predicted octanol–water partition coefficient (Wildman–Crippen LogP) is 1.86. The van der Waals surface area contributed by atoms with E-state index in [2.05, 4.69) is 9.47 Å². The highest BCUT2D eigenvalue weighted by Crippen LogP contribution is 2.30. The molecule has 0 spiro atoms. The first kappa shape index (κ1) is 12.2. The third kappa shape index (κ3) is 2.81. The molecule has 0 amide bonds. The molecule has 1 aromatic carbocycles. The van der Waals surface area contributed by atoms with Gasteiger partial charge in [0.05, 0.1) is 6.07 Å². The van der Waals surface area contributed by atoms with E-state index in [0.717, 1.165) is 0 Å². The van der Waals surface area contributed by atoms with Gasteiger partial charge in [-0.25, -0.2) is 8.78 Å². The zero-order valence-corrected chi connectivity index (χ0v) is 8.19. The van der Waals surface area contributed by atoms with Crippen LogP contribution in [0.5, 0.6) is 11.5 Å². The molecule has 0 aliphatic carbocycles. The Labute approximate surface area is 90.6 Å². The third-order valence-corrected chi connectivity index (χ3v) is 1.83. The van der Waals surface area contributed by atoms with Crippen molar-refractivity contribution in [1.82, 2.24) is 0 Å². The van der Waals surface area contributed by atoms with Crippen LogP contribution >= 0.6 is 0 Å². The predicted molar refractivity (Wildman–Crippen MR) is 50.2 cm³/mol. The van der Waals surface area contributed by atoms with Crippen LogP contribution in [0.15, 0.2) is 18.2 Å². The van der Waals surface area contributed by atoms with Gasteiger partial charge in [-0.15, -0.1) is 0 Å². The maximum atomic E-state index is 12.0. The lowest BCUT2D eigenvalue weighted by atomic mass is 10.1. The van der Waals surface area contributed by atoms with Gasteiger partial charge in [0, 0.05) is 0 Å². The first-order chi connectivity index (χ1) is 7.72. The quantitative estimate of drug-likeness (QED) is 0.782. The smallest absolute Gasteiger partial charge is 0.228 e. The molecular weight excluding hydrogens is 220 g/mol. The second-order valence-electron chi connectivity index (χ2n) is 2.74. The second kappa shape index (κ2) is 5.88. The van der Waals surface area contributed by atoms with Crippen LogP contribution in [0.1, 0.15) is 11.7 Å². The third-order valence-electron chi connectivity index (χ3n) is 1.83. The molecule has 0 aliphatic rings. The summed E-state index contributed by atoms with van der Waals surface area (Å²) in [6, 6.07) is 5.47. The Morgan fingerprint density at radius 3 is 2.44 bits per heavy atom. The molecule has 0 fully saturated rings. The molecular formula is C10H9F2NO3. The van der Waals surface area contributed by atoms with Gasteiger partial charge in [-0.3, -0.25) is 0 Å². The maximum absolute atomic E-state index is 12.0. The minimum Gasteiger partial charge on any atom is -0.459 e. The average molecular weight is 229 g/mol. The van der Waals surface area contributed by atoms with Gasteiger partial charge in [-0.1, -0.05) is 6.07 Å². The highest BCUT2D eigenvalue weighted by molar-refractivity contribution is 5.44. The molecule has 0 bridgehead atoms. The van der Waals surface area contributed by atoms with E-state index in [0.29, 0.717) is 0 Å². The lowest BCUT2D eigenvalue weighted by molar-refractivity contribution is 0.157. The van der Waals surface area contributed by atoms with Crippen LogP contribution < -0.4 is 9.47 Å². The van der Waals surface area contributed by atoms with Crippen LogP contribution in [-0.4, -0.2) is 18.8 Å². The summed E-state index contributed by atoms with van der Waals surface area (Å²) in [7, 11) is 0. The van der Waals surface area contributed by atoms with E-state index in [9.17, 15) is 13.9 Å². The summed E-state index contributed by atoms with van der Waals surface area (Å²) in [6.45, 7) is -2.20. The fourth-order valence-electron chi connectivity index (χ4n) is 1.12. The Hall–Kier alpha value is -1.87. The summed E-state index contributed by atoms with van der Waals surface area (Å²) in [5.74, 6) is -0.0546. The van der Waals surface area contributed by atoms with Gasteiger partial charge in [0.2, 0.25) is 13.7 Å². The van der Waals surface area contributed by atoms with Gasteiger partial charge >= 0.3 is 0 Å². The number of nitriles is 1. The standard InChI is InChI=1S/C10H9F2NO3/c11-5-15-9-2-1-7(8(14)4-13)3-10(9)16-6-12/h1-3,8,14H,5-6H2. The van der Waals surface area contributed by atoms with E-state index in [1.807, 2.05) is 0 Å². The minimum atomic E-state index is -1.35. The van der Waals surface area contributed by atoms with Gasteiger partial charge in [-0.05, 0) is 17.7 Å². The van der Waals surface area contributed by atoms with E-state index in [4.69, 9.17) is 5.26 Å². The molecule has 1 atom stereocenters. The molecule has 1 aromatic rings. The molecule has 0 radical (unpaired) electrons. The number of halogens is 2. The topological polar surface area (TPSA) is 62.5 Å². The second-order valence-corrected chi connectivity index (χ2v) is 2.74. The largest absolute Gasteiger partial charge is 0.459 e. The molecule has 0 saturated heterocycles. The lowest BCUT2D eigenvalue weighted by Gasteiger charge is -2.10. The van der Waals surface area contributed by atoms with Crippen molar-refractivity contribution in [2.45, 2.75) is 6.10 Å². The SMILES string of the molecule is N#CC(O)c1ccc(OCF)c(OCF)c1. The molecule has 6 heteroatoms. The fourth-order valence-corrected chi connectivity index (χ4v) is 1.12. The first-order valence-electron chi connectivity index (χ1n) is 4.32. The van der Waals surface area contributed by atoms with Crippen LogP contribution in [0.4, 0.5) is 8.78 Å². The van der Waals surface area contributed by atoms with Gasteiger partial charge < -0.3 is 14.6 Å². The van der Waals surface area contributed by atoms with Crippen LogP contribution in [-0.2, 0) is 0 Å². The van der Waals surface area contributed by atoms with Crippen molar-refractivity contribution >= 4 is 0 Å². The molecule has 1 N–H and O–H groups in total. The average Bonchev–Trinajstić information content (AvgIpc) is 2.31. The molecule has 16 heavy (non-hydrogen) atoms. The number of nitrogens with zero attached hydrogens (tertiary/aromatic N) is 1. The zero-order valence-electron chi connectivity index (χ0n) is 8.19. The summed E-state index contributed by atoms with van der Waals surface area (Å²) >= 11 is 0. The summed E-state index contributed by atoms with van der Waals surface area (Å²) in [5, 5.41) is 17.7. The molecule has 0 aliphatic heterocycles. The van der Waals surface area contributed by atoms with Crippen molar-refractivity contribution < 1.29 is 23.4 Å². The molecule has 1 unspecified atom stereocenters. The number of rotatable bonds is 5. The van der Waals surface area contributed by atoms with Crippen LogP contribution in [0.3, 0.4) is 0 Å². The molecule has 4 nitrogen and oxygen atoms in total. The van der Waals surface area contributed by atoms with Gasteiger partial charge in [0.25, 0.3) is 0 Å². The fraction of sp³-hybridized carbons (Fsp3) is 0.300. The Balaban J connectivity index is 3.02. The van der Waals surface area contributed by atoms with Crippen molar-refractivity contribution in [3.63, 3.8) is 0 Å². The summed E-state index contributed by atoms with van der Waals surface area (Å²) in [6.07, 6.45) is -1.35. The van der Waals surface area contributed by atoms with E-state index in [1.54, 1.807) is 6.07 Å². The van der Waals surface area contributed by atoms with E-state index in [-0.39, 0.29) is 17.1 Å². The molecule has 86 valence electrons. The number of alkyl halides is 2. The zero-order chi connectivity index (χ0) is 12.0. The number of ether oxygens (including phenoxy) is 2. The maximum Gasteiger partial charge on any atom is 0.228 e. The van der Waals surface area contributed by atoms with Crippen molar-refractivity contribution in [2.24, 2.45) is 0 Å².